The number of nitrogens with one attached hydrogen (secondary N) is 1. The van der Waals surface area contributed by atoms with Crippen LogP contribution in [-0.2, 0) is 20.6 Å². The third kappa shape index (κ3) is 3.22. The summed E-state index contributed by atoms with van der Waals surface area (Å²) in [6.07, 6.45) is 0. The van der Waals surface area contributed by atoms with Gasteiger partial charge in [-0.15, -0.1) is 0 Å². The van der Waals surface area contributed by atoms with Gasteiger partial charge in [-0.2, -0.15) is 5.10 Å². The molecule has 1 N–H and O–H groups in total. The molecule has 1 aromatic rings. The van der Waals surface area contributed by atoms with E-state index in [1.54, 1.807) is 6.07 Å². The second-order valence-electron chi connectivity index (χ2n) is 6.30. The average Bonchev–Trinajstić information content (AvgIpc) is 2.61. The zero-order chi connectivity index (χ0) is 16.5. The van der Waals surface area contributed by atoms with E-state index in [0.29, 0.717) is 12.1 Å². The molecule has 22 heavy (non-hydrogen) atoms. The molecule has 2 heterocycles. The Bertz CT molecular complexity index is 611. The lowest BCUT2D eigenvalue weighted by atomic mass is 9.85. The van der Waals surface area contributed by atoms with Crippen molar-refractivity contribution >= 4 is 18.6 Å². The van der Waals surface area contributed by atoms with Gasteiger partial charge in [0.1, 0.15) is 6.54 Å². The van der Waals surface area contributed by atoms with Crippen LogP contribution in [0.25, 0.3) is 0 Å². The van der Waals surface area contributed by atoms with E-state index in [1.165, 1.54) is 6.07 Å². The zero-order valence-corrected chi connectivity index (χ0v) is 13.7. The van der Waals surface area contributed by atoms with Crippen molar-refractivity contribution in [1.29, 1.82) is 0 Å². The maximum atomic E-state index is 11.8. The van der Waals surface area contributed by atoms with E-state index in [4.69, 9.17) is 9.31 Å². The van der Waals surface area contributed by atoms with Gasteiger partial charge in [0.25, 0.3) is 5.56 Å². The SMILES string of the molecule is CCNC(=O)Cn1nc(B2OC(C)(C)C(C)(C)O2)ccc1=O. The largest absolute Gasteiger partial charge is 0.516 e. The number of rotatable bonds is 4. The van der Waals surface area contributed by atoms with Gasteiger partial charge >= 0.3 is 7.12 Å². The minimum Gasteiger partial charge on any atom is -0.398 e. The van der Waals surface area contributed by atoms with Gasteiger partial charge in [0, 0.05) is 12.6 Å². The molecule has 0 atom stereocenters. The Morgan fingerprint density at radius 3 is 2.41 bits per heavy atom. The number of carbonyl (C=O) groups excluding carboxylic acids is 1. The maximum absolute atomic E-state index is 11.8. The maximum Gasteiger partial charge on any atom is 0.516 e. The number of hydrogen-bond acceptors (Lipinski definition) is 5. The van der Waals surface area contributed by atoms with Crippen molar-refractivity contribution in [2.24, 2.45) is 0 Å². The van der Waals surface area contributed by atoms with Crippen molar-refractivity contribution < 1.29 is 14.1 Å². The molecule has 1 amide bonds. The van der Waals surface area contributed by atoms with E-state index in [2.05, 4.69) is 10.4 Å². The van der Waals surface area contributed by atoms with Crippen LogP contribution in [0.5, 0.6) is 0 Å². The van der Waals surface area contributed by atoms with Gasteiger partial charge in [-0.1, -0.05) is 0 Å². The molecule has 0 radical (unpaired) electrons. The Morgan fingerprint density at radius 2 is 1.86 bits per heavy atom. The monoisotopic (exact) mass is 307 g/mol. The number of aromatic nitrogens is 2. The molecule has 7 nitrogen and oxygen atoms in total. The Kier molecular flexibility index (Phi) is 4.44. The molecule has 1 aromatic heterocycles. The molecular formula is C14H22BN3O4. The van der Waals surface area contributed by atoms with Crippen molar-refractivity contribution in [1.82, 2.24) is 15.1 Å². The van der Waals surface area contributed by atoms with Crippen molar-refractivity contribution in [2.45, 2.75) is 52.4 Å². The fourth-order valence-electron chi connectivity index (χ4n) is 2.06. The van der Waals surface area contributed by atoms with Crippen molar-refractivity contribution in [3.05, 3.63) is 22.5 Å². The minimum absolute atomic E-state index is 0.125. The van der Waals surface area contributed by atoms with E-state index in [0.717, 1.165) is 4.68 Å². The highest BCUT2D eigenvalue weighted by molar-refractivity contribution is 6.61. The standard InChI is InChI=1S/C14H22BN3O4/c1-6-16-11(19)9-18-12(20)8-7-10(17-18)15-21-13(2,3)14(4,5)22-15/h7-8H,6,9H2,1-5H3,(H,16,19). The Morgan fingerprint density at radius 1 is 1.27 bits per heavy atom. The summed E-state index contributed by atoms with van der Waals surface area (Å²) in [6, 6.07) is 2.94. The summed E-state index contributed by atoms with van der Waals surface area (Å²) < 4.78 is 12.9. The molecule has 1 aliphatic rings. The summed E-state index contributed by atoms with van der Waals surface area (Å²) in [7, 11) is -0.661. The lowest BCUT2D eigenvalue weighted by Gasteiger charge is -2.32. The number of hydrogen-bond donors (Lipinski definition) is 1. The minimum atomic E-state index is -0.661. The average molecular weight is 307 g/mol. The number of carbonyl (C=O) groups is 1. The normalized spacial score (nSPS) is 19.2. The Labute approximate surface area is 130 Å². The highest BCUT2D eigenvalue weighted by Gasteiger charge is 2.52. The molecule has 8 heteroatoms. The van der Waals surface area contributed by atoms with Gasteiger partial charge in [0.2, 0.25) is 5.91 Å². The molecular weight excluding hydrogens is 285 g/mol. The first-order valence-electron chi connectivity index (χ1n) is 7.36. The molecule has 0 unspecified atom stereocenters. The molecule has 0 saturated carbocycles. The third-order valence-electron chi connectivity index (χ3n) is 4.05. The van der Waals surface area contributed by atoms with Crippen LogP contribution >= 0.6 is 0 Å². The molecule has 120 valence electrons. The van der Waals surface area contributed by atoms with Crippen LogP contribution in [0.2, 0.25) is 0 Å². The van der Waals surface area contributed by atoms with Crippen LogP contribution in [0.15, 0.2) is 16.9 Å². The first-order valence-corrected chi connectivity index (χ1v) is 7.36. The first kappa shape index (κ1) is 16.7. The van der Waals surface area contributed by atoms with E-state index >= 15 is 0 Å². The number of amides is 1. The molecule has 1 aliphatic heterocycles. The fourth-order valence-corrected chi connectivity index (χ4v) is 2.06. The smallest absolute Gasteiger partial charge is 0.398 e. The Hall–Kier alpha value is -1.67. The summed E-state index contributed by atoms with van der Waals surface area (Å²) in [5.41, 5.74) is -0.839. The second-order valence-corrected chi connectivity index (χ2v) is 6.30. The summed E-state index contributed by atoms with van der Waals surface area (Å²) in [4.78, 5) is 23.4. The molecule has 0 aliphatic carbocycles. The lowest BCUT2D eigenvalue weighted by molar-refractivity contribution is -0.121. The van der Waals surface area contributed by atoms with E-state index < -0.39 is 18.3 Å². The van der Waals surface area contributed by atoms with Crippen LogP contribution in [0.3, 0.4) is 0 Å². The van der Waals surface area contributed by atoms with Crippen molar-refractivity contribution in [3.8, 4) is 0 Å². The van der Waals surface area contributed by atoms with Crippen LogP contribution in [0.1, 0.15) is 34.6 Å². The molecule has 0 spiro atoms. The third-order valence-corrected chi connectivity index (χ3v) is 4.05. The van der Waals surface area contributed by atoms with Crippen molar-refractivity contribution in [2.75, 3.05) is 6.54 Å². The van der Waals surface area contributed by atoms with Crippen LogP contribution in [0.4, 0.5) is 0 Å². The summed E-state index contributed by atoms with van der Waals surface area (Å²) in [5.74, 6) is -0.261. The molecule has 0 bridgehead atoms. The van der Waals surface area contributed by atoms with Crippen LogP contribution < -0.4 is 16.5 Å². The van der Waals surface area contributed by atoms with Crippen LogP contribution in [-0.4, -0.2) is 40.6 Å². The van der Waals surface area contributed by atoms with E-state index in [-0.39, 0.29) is 18.0 Å². The van der Waals surface area contributed by atoms with Gasteiger partial charge in [0.15, 0.2) is 0 Å². The summed E-state index contributed by atoms with van der Waals surface area (Å²) in [5, 5.41) is 6.84. The zero-order valence-electron chi connectivity index (χ0n) is 13.7. The van der Waals surface area contributed by atoms with Crippen molar-refractivity contribution in [3.63, 3.8) is 0 Å². The van der Waals surface area contributed by atoms with E-state index in [9.17, 15) is 9.59 Å². The molecule has 1 fully saturated rings. The quantitative estimate of drug-likeness (QED) is 0.771. The van der Waals surface area contributed by atoms with Gasteiger partial charge in [-0.3, -0.25) is 9.59 Å². The predicted molar refractivity (Wildman–Crippen MR) is 82.9 cm³/mol. The number of nitrogens with zero attached hydrogens (tertiary/aromatic N) is 2. The van der Waals surface area contributed by atoms with Gasteiger partial charge < -0.3 is 14.6 Å². The highest BCUT2D eigenvalue weighted by Crippen LogP contribution is 2.36. The highest BCUT2D eigenvalue weighted by atomic mass is 16.7. The predicted octanol–water partition coefficient (Wildman–Crippen LogP) is -0.321. The lowest BCUT2D eigenvalue weighted by Crippen LogP contribution is -2.43. The summed E-state index contributed by atoms with van der Waals surface area (Å²) >= 11 is 0. The fraction of sp³-hybridized carbons (Fsp3) is 0.643. The first-order chi connectivity index (χ1) is 10.2. The second kappa shape index (κ2) is 5.85. The molecule has 2 rings (SSSR count). The Balaban J connectivity index is 2.24. The molecule has 0 aromatic carbocycles. The van der Waals surface area contributed by atoms with Crippen LogP contribution in [0, 0.1) is 0 Å². The topological polar surface area (TPSA) is 82.5 Å². The van der Waals surface area contributed by atoms with Gasteiger partial charge in [-0.05, 0) is 40.7 Å². The van der Waals surface area contributed by atoms with Gasteiger partial charge in [-0.25, -0.2) is 4.68 Å². The summed E-state index contributed by atoms with van der Waals surface area (Å²) in [6.45, 7) is 9.96. The van der Waals surface area contributed by atoms with E-state index in [1.807, 2.05) is 34.6 Å². The molecule has 1 saturated heterocycles. The van der Waals surface area contributed by atoms with Gasteiger partial charge in [0.05, 0.1) is 16.8 Å². The number of likely N-dealkylation sites (N-methyl/N-ethyl adjacent to an activating group) is 1.